The highest BCUT2D eigenvalue weighted by atomic mass is 35.5. The van der Waals surface area contributed by atoms with Gasteiger partial charge in [-0.25, -0.2) is 14.4 Å². The molecule has 28 heavy (non-hydrogen) atoms. The molecule has 1 aromatic carbocycles. The summed E-state index contributed by atoms with van der Waals surface area (Å²) >= 11 is 6.30. The van der Waals surface area contributed by atoms with Crippen LogP contribution in [0.2, 0.25) is 5.02 Å². The second-order valence-electron chi connectivity index (χ2n) is 7.13. The van der Waals surface area contributed by atoms with Crippen molar-refractivity contribution in [1.82, 2.24) is 19.5 Å². The first-order valence-electron chi connectivity index (χ1n) is 9.12. The van der Waals surface area contributed by atoms with E-state index in [0.29, 0.717) is 27.3 Å². The van der Waals surface area contributed by atoms with E-state index in [4.69, 9.17) is 11.6 Å². The molecule has 0 spiro atoms. The summed E-state index contributed by atoms with van der Waals surface area (Å²) < 4.78 is 16.0. The van der Waals surface area contributed by atoms with E-state index < -0.39 is 5.82 Å². The second-order valence-corrected chi connectivity index (χ2v) is 7.54. The fourth-order valence-electron chi connectivity index (χ4n) is 3.71. The summed E-state index contributed by atoms with van der Waals surface area (Å²) in [5.74, 6) is -0.0348. The minimum absolute atomic E-state index is 0.0880. The largest absolute Gasteiger partial charge is 0.361 e. The van der Waals surface area contributed by atoms with Crippen LogP contribution in [0.1, 0.15) is 37.5 Å². The van der Waals surface area contributed by atoms with Crippen molar-refractivity contribution < 1.29 is 4.39 Å². The molecule has 6 nitrogen and oxygen atoms in total. The maximum absolute atomic E-state index is 14.2. The van der Waals surface area contributed by atoms with Crippen molar-refractivity contribution in [3.05, 3.63) is 63.7 Å². The van der Waals surface area contributed by atoms with Gasteiger partial charge in [0.1, 0.15) is 17.8 Å². The number of nitrogens with one attached hydrogen (secondary N) is 2. The highest BCUT2D eigenvalue weighted by molar-refractivity contribution is 6.35. The number of halogens is 2. The van der Waals surface area contributed by atoms with Crippen LogP contribution in [0.15, 0.2) is 41.6 Å². The lowest BCUT2D eigenvalue weighted by Crippen LogP contribution is -2.26. The molecule has 0 aliphatic heterocycles. The van der Waals surface area contributed by atoms with E-state index in [-0.39, 0.29) is 17.6 Å². The highest BCUT2D eigenvalue weighted by Gasteiger charge is 2.29. The van der Waals surface area contributed by atoms with Gasteiger partial charge in [-0.3, -0.25) is 4.79 Å². The van der Waals surface area contributed by atoms with Crippen molar-refractivity contribution >= 4 is 39.2 Å². The van der Waals surface area contributed by atoms with Crippen LogP contribution in [0.4, 0.5) is 10.2 Å². The van der Waals surface area contributed by atoms with Crippen LogP contribution in [-0.2, 0) is 0 Å². The minimum Gasteiger partial charge on any atom is -0.361 e. The van der Waals surface area contributed by atoms with Gasteiger partial charge in [0.2, 0.25) is 0 Å². The zero-order valence-corrected chi connectivity index (χ0v) is 15.8. The molecular weight excluding hydrogens is 381 g/mol. The van der Waals surface area contributed by atoms with E-state index in [0.717, 1.165) is 23.9 Å². The number of H-pyrrole nitrogens is 1. The monoisotopic (exact) mass is 397 g/mol. The lowest BCUT2D eigenvalue weighted by molar-refractivity contribution is 0.632. The molecule has 0 bridgehead atoms. The van der Waals surface area contributed by atoms with Crippen LogP contribution in [-0.4, -0.2) is 19.5 Å². The van der Waals surface area contributed by atoms with Gasteiger partial charge >= 0.3 is 0 Å². The molecule has 1 saturated carbocycles. The zero-order valence-electron chi connectivity index (χ0n) is 15.0. The number of anilines is 1. The van der Waals surface area contributed by atoms with Gasteiger partial charge in [-0.05, 0) is 37.3 Å². The summed E-state index contributed by atoms with van der Waals surface area (Å²) in [6.07, 6.45) is 4.55. The number of aromatic amines is 1. The Morgan fingerprint density at radius 3 is 2.93 bits per heavy atom. The topological polar surface area (TPSA) is 75.6 Å². The molecule has 1 aliphatic rings. The molecule has 2 N–H and O–H groups in total. The van der Waals surface area contributed by atoms with Crippen molar-refractivity contribution in [2.24, 2.45) is 0 Å². The Kier molecular flexibility index (Phi) is 3.87. The number of pyridine rings is 1. The summed E-state index contributed by atoms with van der Waals surface area (Å²) in [6.45, 7) is 1.93. The van der Waals surface area contributed by atoms with Gasteiger partial charge in [-0.15, -0.1) is 0 Å². The third-order valence-corrected chi connectivity index (χ3v) is 5.51. The van der Waals surface area contributed by atoms with Crippen molar-refractivity contribution in [3.63, 3.8) is 0 Å². The van der Waals surface area contributed by atoms with Gasteiger partial charge in [0.25, 0.3) is 5.56 Å². The van der Waals surface area contributed by atoms with Gasteiger partial charge in [-0.1, -0.05) is 23.7 Å². The Balaban J connectivity index is 1.65. The third kappa shape index (κ3) is 2.65. The first kappa shape index (κ1) is 17.2. The molecule has 0 amide bonds. The fraction of sp³-hybridized carbons (Fsp3) is 0.250. The van der Waals surface area contributed by atoms with Crippen LogP contribution < -0.4 is 10.9 Å². The maximum atomic E-state index is 14.2. The van der Waals surface area contributed by atoms with Crippen LogP contribution in [0.3, 0.4) is 0 Å². The SMILES string of the molecule is C[C@H](Nc1ncnc2[nH]cc(F)c12)c1cc2cccc(Cl)c2c(=O)n1C1CC1. The smallest absolute Gasteiger partial charge is 0.260 e. The molecule has 4 aromatic rings. The van der Waals surface area contributed by atoms with Crippen LogP contribution in [0.5, 0.6) is 0 Å². The summed E-state index contributed by atoms with van der Waals surface area (Å²) in [4.78, 5) is 24.2. The Morgan fingerprint density at radius 2 is 2.14 bits per heavy atom. The molecule has 1 fully saturated rings. The van der Waals surface area contributed by atoms with E-state index in [1.54, 1.807) is 6.07 Å². The van der Waals surface area contributed by atoms with Crippen molar-refractivity contribution in [2.75, 3.05) is 5.32 Å². The molecule has 0 saturated heterocycles. The van der Waals surface area contributed by atoms with E-state index in [2.05, 4.69) is 20.3 Å². The number of hydrogen-bond acceptors (Lipinski definition) is 4. The highest BCUT2D eigenvalue weighted by Crippen LogP contribution is 2.38. The number of hydrogen-bond donors (Lipinski definition) is 2. The number of nitrogens with zero attached hydrogens (tertiary/aromatic N) is 3. The van der Waals surface area contributed by atoms with Gasteiger partial charge < -0.3 is 14.9 Å². The van der Waals surface area contributed by atoms with E-state index >= 15 is 0 Å². The number of aromatic nitrogens is 4. The van der Waals surface area contributed by atoms with Gasteiger partial charge in [0, 0.05) is 17.9 Å². The average Bonchev–Trinajstić information content (AvgIpc) is 3.44. The second kappa shape index (κ2) is 6.31. The van der Waals surface area contributed by atoms with Crippen LogP contribution in [0.25, 0.3) is 21.8 Å². The molecule has 1 aliphatic carbocycles. The zero-order chi connectivity index (χ0) is 19.4. The summed E-state index contributed by atoms with van der Waals surface area (Å²) in [6, 6.07) is 7.31. The molecule has 1 atom stereocenters. The Morgan fingerprint density at radius 1 is 1.32 bits per heavy atom. The molecule has 3 aromatic heterocycles. The number of fused-ring (bicyclic) bond motifs is 2. The lowest BCUT2D eigenvalue weighted by Gasteiger charge is -2.21. The average molecular weight is 398 g/mol. The first-order valence-corrected chi connectivity index (χ1v) is 9.50. The molecule has 142 valence electrons. The quantitative estimate of drug-likeness (QED) is 0.528. The normalized spacial score (nSPS) is 15.2. The number of rotatable bonds is 4. The molecule has 5 rings (SSSR count). The van der Waals surface area contributed by atoms with Crippen LogP contribution in [0, 0.1) is 5.82 Å². The van der Waals surface area contributed by atoms with Crippen molar-refractivity contribution in [1.29, 1.82) is 0 Å². The minimum atomic E-state index is -0.421. The van der Waals surface area contributed by atoms with Gasteiger partial charge in [0.15, 0.2) is 5.82 Å². The fourth-order valence-corrected chi connectivity index (χ4v) is 3.97. The third-order valence-electron chi connectivity index (χ3n) is 5.19. The van der Waals surface area contributed by atoms with E-state index in [9.17, 15) is 9.18 Å². The number of benzene rings is 1. The molecular formula is C20H17ClFN5O. The Hall–Kier alpha value is -2.93. The van der Waals surface area contributed by atoms with Crippen molar-refractivity contribution in [2.45, 2.75) is 31.8 Å². The first-order chi connectivity index (χ1) is 13.5. The van der Waals surface area contributed by atoms with Crippen molar-refractivity contribution in [3.8, 4) is 0 Å². The molecule has 3 heterocycles. The van der Waals surface area contributed by atoms with Gasteiger partial charge in [-0.2, -0.15) is 0 Å². The van der Waals surface area contributed by atoms with Crippen LogP contribution >= 0.6 is 11.6 Å². The summed E-state index contributed by atoms with van der Waals surface area (Å²) in [5, 5.41) is 5.34. The lowest BCUT2D eigenvalue weighted by atomic mass is 10.1. The Bertz CT molecular complexity index is 1280. The predicted molar refractivity (Wildman–Crippen MR) is 107 cm³/mol. The molecule has 0 radical (unpaired) electrons. The summed E-state index contributed by atoms with van der Waals surface area (Å²) in [5.41, 5.74) is 1.16. The summed E-state index contributed by atoms with van der Waals surface area (Å²) in [7, 11) is 0. The Labute approximate surface area is 164 Å². The van der Waals surface area contributed by atoms with E-state index in [1.807, 2.05) is 29.7 Å². The standard InChI is InChI=1S/C20H17ClFN5O/c1-10(26-19-17-14(22)8-23-18(17)24-9-25-19)15-7-11-3-2-4-13(21)16(11)20(28)27(15)12-5-6-12/h2-4,7-10,12H,5-6H2,1H3,(H2,23,24,25,26)/t10-/m0/s1. The van der Waals surface area contributed by atoms with E-state index in [1.165, 1.54) is 12.5 Å². The maximum Gasteiger partial charge on any atom is 0.260 e. The van der Waals surface area contributed by atoms with Gasteiger partial charge in [0.05, 0.1) is 21.8 Å². The molecule has 8 heteroatoms. The predicted octanol–water partition coefficient (Wildman–Crippen LogP) is 4.57. The molecule has 0 unspecified atom stereocenters.